The molecule has 4 nitrogen and oxygen atoms in total. The Kier molecular flexibility index (Phi) is 8.36. The lowest BCUT2D eigenvalue weighted by molar-refractivity contribution is -0.131. The third kappa shape index (κ3) is 12.4. The lowest BCUT2D eigenvalue weighted by atomic mass is 10.2. The third-order valence-corrected chi connectivity index (χ3v) is 2.71. The zero-order chi connectivity index (χ0) is 15.8. The highest BCUT2D eigenvalue weighted by Gasteiger charge is 2.13. The average molecular weight is 287 g/mol. The fourth-order valence-electron chi connectivity index (χ4n) is 1.56. The Bertz CT molecular complexity index is 276. The maximum absolute atomic E-state index is 11.9. The second-order valence-electron chi connectivity index (χ2n) is 7.19. The van der Waals surface area contributed by atoms with Gasteiger partial charge in [-0.05, 0) is 54.4 Å². The van der Waals surface area contributed by atoms with Gasteiger partial charge in [-0.3, -0.25) is 4.79 Å². The van der Waals surface area contributed by atoms with E-state index in [4.69, 9.17) is 9.47 Å². The number of rotatable bonds is 8. The summed E-state index contributed by atoms with van der Waals surface area (Å²) in [5.41, 5.74) is -0.237. The van der Waals surface area contributed by atoms with Crippen LogP contribution in [0.2, 0.25) is 0 Å². The van der Waals surface area contributed by atoms with E-state index in [1.807, 2.05) is 48.6 Å². The van der Waals surface area contributed by atoms with Gasteiger partial charge in [0.1, 0.15) is 0 Å². The van der Waals surface area contributed by atoms with Crippen LogP contribution in [0.1, 0.15) is 60.8 Å². The zero-order valence-electron chi connectivity index (χ0n) is 14.4. The fourth-order valence-corrected chi connectivity index (χ4v) is 1.56. The molecule has 0 saturated heterocycles. The van der Waals surface area contributed by atoms with E-state index in [0.29, 0.717) is 26.2 Å². The molecule has 20 heavy (non-hydrogen) atoms. The van der Waals surface area contributed by atoms with Crippen molar-refractivity contribution in [3.8, 4) is 0 Å². The molecule has 0 rings (SSSR count). The summed E-state index contributed by atoms with van der Waals surface area (Å²) in [6.07, 6.45) is 2.38. The van der Waals surface area contributed by atoms with Crippen molar-refractivity contribution in [2.75, 3.05) is 26.8 Å². The van der Waals surface area contributed by atoms with Crippen LogP contribution in [0.5, 0.6) is 0 Å². The summed E-state index contributed by atoms with van der Waals surface area (Å²) in [7, 11) is 1.83. The summed E-state index contributed by atoms with van der Waals surface area (Å²) in [4.78, 5) is 13.6. The first kappa shape index (κ1) is 19.4. The van der Waals surface area contributed by atoms with Gasteiger partial charge in [-0.1, -0.05) is 0 Å². The predicted molar refractivity (Wildman–Crippen MR) is 82.9 cm³/mol. The first-order valence-corrected chi connectivity index (χ1v) is 7.53. The molecule has 0 aromatic heterocycles. The molecule has 0 radical (unpaired) electrons. The van der Waals surface area contributed by atoms with E-state index in [2.05, 4.69) is 0 Å². The number of likely N-dealkylation sites (N-methyl/N-ethyl adjacent to an activating group) is 1. The predicted octanol–water partition coefficient (Wildman–Crippen LogP) is 3.25. The molecule has 120 valence electrons. The van der Waals surface area contributed by atoms with Gasteiger partial charge in [0.15, 0.2) is 0 Å². The molecule has 0 saturated carbocycles. The quantitative estimate of drug-likeness (QED) is 0.643. The molecule has 0 aromatic rings. The van der Waals surface area contributed by atoms with Crippen molar-refractivity contribution in [1.29, 1.82) is 0 Å². The highest BCUT2D eigenvalue weighted by Crippen LogP contribution is 2.09. The maximum atomic E-state index is 11.9. The normalized spacial score (nSPS) is 12.6. The van der Waals surface area contributed by atoms with Crippen LogP contribution >= 0.6 is 0 Å². The van der Waals surface area contributed by atoms with Crippen molar-refractivity contribution in [3.63, 3.8) is 0 Å². The van der Waals surface area contributed by atoms with Crippen LogP contribution in [-0.2, 0) is 14.3 Å². The molecule has 0 aliphatic rings. The van der Waals surface area contributed by atoms with E-state index >= 15 is 0 Å². The summed E-state index contributed by atoms with van der Waals surface area (Å²) >= 11 is 0. The van der Waals surface area contributed by atoms with Crippen LogP contribution in [-0.4, -0.2) is 48.8 Å². The van der Waals surface area contributed by atoms with Gasteiger partial charge in [-0.15, -0.1) is 0 Å². The van der Waals surface area contributed by atoms with Gasteiger partial charge in [0, 0.05) is 26.6 Å². The summed E-state index contributed by atoms with van der Waals surface area (Å²) < 4.78 is 11.2. The highest BCUT2D eigenvalue weighted by molar-refractivity contribution is 5.75. The van der Waals surface area contributed by atoms with E-state index in [1.165, 1.54) is 0 Å². The molecule has 0 unspecified atom stereocenters. The molecule has 0 aliphatic carbocycles. The maximum Gasteiger partial charge on any atom is 0.222 e. The third-order valence-electron chi connectivity index (χ3n) is 2.71. The number of nitrogens with zero attached hydrogens (tertiary/aromatic N) is 1. The van der Waals surface area contributed by atoms with Crippen molar-refractivity contribution < 1.29 is 14.3 Å². The smallest absolute Gasteiger partial charge is 0.222 e. The molecule has 0 spiro atoms. The van der Waals surface area contributed by atoms with Gasteiger partial charge in [-0.2, -0.15) is 0 Å². The van der Waals surface area contributed by atoms with Gasteiger partial charge in [0.05, 0.1) is 17.8 Å². The van der Waals surface area contributed by atoms with Crippen LogP contribution in [0, 0.1) is 0 Å². The highest BCUT2D eigenvalue weighted by atomic mass is 16.5. The summed E-state index contributed by atoms with van der Waals surface area (Å²) in [5, 5.41) is 0. The number of hydrogen-bond acceptors (Lipinski definition) is 3. The molecule has 0 heterocycles. The van der Waals surface area contributed by atoms with Gasteiger partial charge >= 0.3 is 0 Å². The summed E-state index contributed by atoms with van der Waals surface area (Å²) in [5.74, 6) is 0.179. The van der Waals surface area contributed by atoms with E-state index < -0.39 is 0 Å². The van der Waals surface area contributed by atoms with Gasteiger partial charge in [0.2, 0.25) is 5.91 Å². The van der Waals surface area contributed by atoms with Crippen LogP contribution < -0.4 is 0 Å². The Balaban J connectivity index is 3.66. The lowest BCUT2D eigenvalue weighted by Gasteiger charge is -2.23. The first-order chi connectivity index (χ1) is 9.01. The number of ether oxygens (including phenoxy) is 2. The van der Waals surface area contributed by atoms with Crippen LogP contribution in [0.25, 0.3) is 0 Å². The second-order valence-corrected chi connectivity index (χ2v) is 7.19. The van der Waals surface area contributed by atoms with E-state index in [9.17, 15) is 4.79 Å². The van der Waals surface area contributed by atoms with Crippen molar-refractivity contribution in [2.45, 2.75) is 72.0 Å². The molecule has 4 heteroatoms. The number of carbonyl (C=O) groups excluding carboxylic acids is 1. The van der Waals surface area contributed by atoms with Crippen molar-refractivity contribution in [3.05, 3.63) is 0 Å². The molecular formula is C16H33NO3. The van der Waals surface area contributed by atoms with Crippen molar-refractivity contribution in [2.24, 2.45) is 0 Å². The fraction of sp³-hybridized carbons (Fsp3) is 0.938. The van der Waals surface area contributed by atoms with Gasteiger partial charge < -0.3 is 14.4 Å². The monoisotopic (exact) mass is 287 g/mol. The van der Waals surface area contributed by atoms with E-state index in [-0.39, 0.29) is 17.1 Å². The standard InChI is InChI=1S/C16H33NO3/c1-15(2,3)19-12-9-8-10-14(18)17(7)11-13-20-16(4,5)6/h8-13H2,1-7H3. The van der Waals surface area contributed by atoms with E-state index in [1.54, 1.807) is 4.90 Å². The van der Waals surface area contributed by atoms with Crippen LogP contribution in [0.3, 0.4) is 0 Å². The summed E-state index contributed by atoms with van der Waals surface area (Å²) in [6, 6.07) is 0. The topological polar surface area (TPSA) is 38.8 Å². The second kappa shape index (κ2) is 8.63. The van der Waals surface area contributed by atoms with Crippen LogP contribution in [0.4, 0.5) is 0 Å². The van der Waals surface area contributed by atoms with E-state index in [0.717, 1.165) is 12.8 Å². The molecule has 0 atom stereocenters. The minimum atomic E-state index is -0.145. The SMILES string of the molecule is CN(CCOC(C)(C)C)C(=O)CCCCOC(C)(C)C. The summed E-state index contributed by atoms with van der Waals surface area (Å²) in [6.45, 7) is 14.1. The zero-order valence-corrected chi connectivity index (χ0v) is 14.4. The van der Waals surface area contributed by atoms with Crippen molar-refractivity contribution in [1.82, 2.24) is 4.90 Å². The minimum absolute atomic E-state index is 0.0922. The Morgan fingerprint density at radius 3 is 1.90 bits per heavy atom. The largest absolute Gasteiger partial charge is 0.376 e. The molecule has 0 bridgehead atoms. The Morgan fingerprint density at radius 1 is 0.900 bits per heavy atom. The number of carbonyl (C=O) groups is 1. The van der Waals surface area contributed by atoms with Gasteiger partial charge in [0.25, 0.3) is 0 Å². The number of hydrogen-bond donors (Lipinski definition) is 0. The molecule has 0 aliphatic heterocycles. The van der Waals surface area contributed by atoms with Crippen molar-refractivity contribution >= 4 is 5.91 Å². The van der Waals surface area contributed by atoms with Crippen LogP contribution in [0.15, 0.2) is 0 Å². The molecule has 0 fully saturated rings. The Labute approximate surface area is 124 Å². The first-order valence-electron chi connectivity index (χ1n) is 7.53. The molecular weight excluding hydrogens is 254 g/mol. The number of unbranched alkanes of at least 4 members (excludes halogenated alkanes) is 1. The lowest BCUT2D eigenvalue weighted by Crippen LogP contribution is -2.32. The number of amides is 1. The Morgan fingerprint density at radius 2 is 1.40 bits per heavy atom. The molecule has 1 amide bonds. The Hall–Kier alpha value is -0.610. The average Bonchev–Trinajstić information content (AvgIpc) is 2.24. The molecule has 0 aromatic carbocycles. The minimum Gasteiger partial charge on any atom is -0.376 e. The van der Waals surface area contributed by atoms with Gasteiger partial charge in [-0.25, -0.2) is 0 Å². The molecule has 0 N–H and O–H groups in total.